The molecule has 668 valence electrons. The minimum atomic E-state index is -1.35. The Bertz CT molecular complexity index is 4170. The topological polar surface area (TPSA) is 332 Å². The largest absolute Gasteiger partial charge is 0.444 e. The van der Waals surface area contributed by atoms with Crippen molar-refractivity contribution in [3.63, 3.8) is 0 Å². The van der Waals surface area contributed by atoms with Gasteiger partial charge < -0.3 is 90.1 Å². The normalized spacial score (nSPS) is 20.6. The van der Waals surface area contributed by atoms with Crippen LogP contribution in [-0.2, 0) is 34.9 Å². The molecular formula is C92H135F2N11O16. The number of urea groups is 2. The number of nitro groups is 1. The lowest BCUT2D eigenvalue weighted by atomic mass is 9.72. The highest BCUT2D eigenvalue weighted by molar-refractivity contribution is 5.77. The molecule has 8 N–H and O–H groups in total. The minimum absolute atomic E-state index is 0.0710. The van der Waals surface area contributed by atoms with Crippen LogP contribution in [0, 0.1) is 47.4 Å². The number of amides is 8. The van der Waals surface area contributed by atoms with Gasteiger partial charge in [-0.2, -0.15) is 0 Å². The van der Waals surface area contributed by atoms with Gasteiger partial charge in [0.25, 0.3) is 5.69 Å². The summed E-state index contributed by atoms with van der Waals surface area (Å²) < 4.78 is 62.9. The number of piperidine rings is 6. The first-order chi connectivity index (χ1) is 57.3. The van der Waals surface area contributed by atoms with Crippen LogP contribution in [0.1, 0.15) is 200 Å². The number of carbonyl (C=O) groups excluding carboxylic acids is 6. The maximum absolute atomic E-state index is 15.6. The number of aliphatic hydroxyl groups is 2. The fourth-order valence-corrected chi connectivity index (χ4v) is 16.6. The van der Waals surface area contributed by atoms with E-state index in [1.54, 1.807) is 66.7 Å². The summed E-state index contributed by atoms with van der Waals surface area (Å²) in [6, 6.07) is 30.2. The van der Waals surface area contributed by atoms with Crippen molar-refractivity contribution in [2.45, 2.75) is 244 Å². The highest BCUT2D eigenvalue weighted by Gasteiger charge is 2.46. The number of nitrogens with one attached hydrogen (secondary N) is 4. The molecule has 0 spiro atoms. The van der Waals surface area contributed by atoms with E-state index >= 15 is 8.78 Å². The van der Waals surface area contributed by atoms with Crippen LogP contribution in [0.5, 0.6) is 5.75 Å². The lowest BCUT2D eigenvalue weighted by molar-refractivity contribution is -0.384. The molecule has 5 aromatic carbocycles. The van der Waals surface area contributed by atoms with Gasteiger partial charge in [0.05, 0.1) is 16.1 Å². The van der Waals surface area contributed by atoms with Crippen molar-refractivity contribution < 1.29 is 81.1 Å². The van der Waals surface area contributed by atoms with Crippen molar-refractivity contribution in [2.24, 2.45) is 17.6 Å². The number of nitrogens with zero attached hydrogens (tertiary/aromatic N) is 6. The third-order valence-corrected chi connectivity index (χ3v) is 22.4. The zero-order valence-corrected chi connectivity index (χ0v) is 73.6. The number of ether oxygens (including phenoxy) is 6. The number of non-ortho nitro benzene ring substituents is 1. The Morgan fingerprint density at radius 2 is 0.901 bits per heavy atom. The SMILES string of the molecule is CC(C)(C)OC(=O)N1CCC[C@H](N)C1.CC(C)(C)OC(=O)N1CCC[C@H](NC(=O)Oc2ccc([N+](=O)[O-])cc2)C1.COCCCC[C@@](O)(c1cccc(F)c1-c1cccc(C)c1)[C@@H]1CCCN(C(=O)N[C@H]2CCCN(C(=O)OC(C)(C)C)C2)C1.COCCCC[C@@](O)(c1cccc(F)c1-c1cccc(C)c1)[C@@H]1CCCN(C(=O)N[C@H]2CCCNC2)C1. The number of hydrogen-bond acceptors (Lipinski definition) is 18. The van der Waals surface area contributed by atoms with E-state index in [2.05, 4.69) is 21.3 Å². The van der Waals surface area contributed by atoms with Crippen molar-refractivity contribution in [2.75, 3.05) is 106 Å². The molecule has 6 heterocycles. The van der Waals surface area contributed by atoms with Crippen LogP contribution in [0.2, 0.25) is 0 Å². The summed E-state index contributed by atoms with van der Waals surface area (Å²) in [4.78, 5) is 93.8. The maximum atomic E-state index is 15.6. The van der Waals surface area contributed by atoms with E-state index in [0.29, 0.717) is 126 Å². The maximum Gasteiger partial charge on any atom is 0.412 e. The molecule has 6 aliphatic rings. The summed E-state index contributed by atoms with van der Waals surface area (Å²) in [5.41, 5.74) is 7.05. The predicted octanol–water partition coefficient (Wildman–Crippen LogP) is 16.0. The van der Waals surface area contributed by atoms with Gasteiger partial charge in [0, 0.05) is 159 Å². The number of rotatable bonds is 21. The number of benzene rings is 5. The van der Waals surface area contributed by atoms with Gasteiger partial charge in [-0.1, -0.05) is 83.9 Å². The Kier molecular flexibility index (Phi) is 36.7. The van der Waals surface area contributed by atoms with Gasteiger partial charge in [0.15, 0.2) is 0 Å². The van der Waals surface area contributed by atoms with Gasteiger partial charge in [-0.3, -0.25) is 10.1 Å². The molecule has 6 aliphatic heterocycles. The Balaban J connectivity index is 0.000000214. The molecule has 29 heteroatoms. The molecule has 5 aromatic rings. The monoisotopic (exact) mass is 1690 g/mol. The Morgan fingerprint density at radius 3 is 1.31 bits per heavy atom. The lowest BCUT2D eigenvalue weighted by Gasteiger charge is -2.44. The van der Waals surface area contributed by atoms with E-state index in [1.165, 1.54) is 36.4 Å². The zero-order valence-electron chi connectivity index (χ0n) is 73.6. The molecule has 8 atom stereocenters. The molecule has 0 bridgehead atoms. The first-order valence-electron chi connectivity index (χ1n) is 43.2. The predicted molar refractivity (Wildman–Crippen MR) is 463 cm³/mol. The lowest BCUT2D eigenvalue weighted by Crippen LogP contribution is -2.56. The number of aryl methyl sites for hydroxylation is 2. The van der Waals surface area contributed by atoms with Crippen LogP contribution in [0.4, 0.5) is 43.2 Å². The third-order valence-electron chi connectivity index (χ3n) is 22.4. The number of likely N-dealkylation sites (tertiary alicyclic amines) is 5. The molecule has 6 saturated heterocycles. The zero-order chi connectivity index (χ0) is 88.2. The molecule has 0 aliphatic carbocycles. The average molecular weight is 1690 g/mol. The van der Waals surface area contributed by atoms with Crippen molar-refractivity contribution in [3.8, 4) is 28.0 Å². The van der Waals surface area contributed by atoms with E-state index < -0.39 is 45.1 Å². The minimum Gasteiger partial charge on any atom is -0.444 e. The molecule has 0 radical (unpaired) electrons. The third kappa shape index (κ3) is 30.3. The average Bonchev–Trinajstić information content (AvgIpc) is 0.761. The van der Waals surface area contributed by atoms with Crippen molar-refractivity contribution >= 4 is 42.1 Å². The van der Waals surface area contributed by atoms with Gasteiger partial charge in [-0.25, -0.2) is 37.5 Å². The molecular weight excluding hydrogens is 1550 g/mol. The quantitative estimate of drug-likeness (QED) is 0.0155. The van der Waals surface area contributed by atoms with Crippen LogP contribution < -0.4 is 31.7 Å². The number of methoxy groups -OCH3 is 2. The first-order valence-corrected chi connectivity index (χ1v) is 43.2. The Hall–Kier alpha value is -9.26. The molecule has 121 heavy (non-hydrogen) atoms. The van der Waals surface area contributed by atoms with Gasteiger partial charge in [0.1, 0.15) is 34.2 Å². The fraction of sp³-hybridized carbons (Fsp3) is 0.609. The number of hydrogen-bond donors (Lipinski definition) is 7. The number of nitrogens with two attached hydrogens (primary N) is 1. The number of halogens is 2. The first kappa shape index (κ1) is 97.2. The molecule has 11 rings (SSSR count). The van der Waals surface area contributed by atoms with E-state index in [0.717, 1.165) is 125 Å². The van der Waals surface area contributed by atoms with Crippen LogP contribution in [0.3, 0.4) is 0 Å². The van der Waals surface area contributed by atoms with E-state index in [1.807, 2.05) is 121 Å². The van der Waals surface area contributed by atoms with Crippen LogP contribution >= 0.6 is 0 Å². The standard InChI is InChI=1S/C35H50FN3O5.C30H42FN3O3.C17H23N3O6.C10H20N2O2/c1-25-12-8-13-26(22-25)31-29(16-9-17-30(31)36)35(42,18-6-7-21-43-5)27-14-10-19-38(23-27)32(40)37-28-15-11-20-39(24-28)33(41)44-34(2,3)4;1-22-9-5-10-23(19-22)28-26(13-6-14-27(28)31)30(36,15-3-4-18-37-2)24-11-8-17-34(21-24)29(35)33-25-12-7-16-32-20-25;1-17(2,3)26-16(22)19-10-4-5-12(11-19)18-15(21)25-14-8-6-13(7-9-14)20(23)24;1-10(2,3)14-9(13)12-6-4-5-8(11)7-12/h8-9,12-13,16-17,22,27-28,42H,6-7,10-11,14-15,18-21,23-24H2,1-5H3,(H,37,40);5-6,9-10,13-14,19,24-25,32,36H,3-4,7-8,11-12,15-18,20-21H2,1-2H3,(H,33,35);6-9,12H,4-5,10-11H2,1-3H3,(H,18,21);8H,4-7,11H2,1-3H3/t27-,28+,35+;24-,25+,30+;12-;8-/m1100/s1. The van der Waals surface area contributed by atoms with Crippen molar-refractivity contribution in [3.05, 3.63) is 153 Å². The van der Waals surface area contributed by atoms with Crippen LogP contribution in [0.15, 0.2) is 109 Å². The van der Waals surface area contributed by atoms with Gasteiger partial charge >= 0.3 is 36.4 Å². The number of unbranched alkanes of at least 4 members (excludes halogenated alkanes) is 2. The molecule has 0 aromatic heterocycles. The highest BCUT2D eigenvalue weighted by atomic mass is 19.1. The number of carbonyl (C=O) groups is 6. The van der Waals surface area contributed by atoms with Crippen molar-refractivity contribution in [1.82, 2.24) is 45.8 Å². The summed E-state index contributed by atoms with van der Waals surface area (Å²) in [7, 11) is 3.33. The van der Waals surface area contributed by atoms with E-state index in [9.17, 15) is 49.1 Å². The van der Waals surface area contributed by atoms with Gasteiger partial charge in [-0.15, -0.1) is 0 Å². The van der Waals surface area contributed by atoms with Crippen LogP contribution in [-0.4, -0.2) is 223 Å². The summed E-state index contributed by atoms with van der Waals surface area (Å²) in [5, 5.41) is 48.1. The second-order valence-electron chi connectivity index (χ2n) is 36.0. The van der Waals surface area contributed by atoms with E-state index in [4.69, 9.17) is 34.2 Å². The molecule has 8 amide bonds. The second-order valence-corrected chi connectivity index (χ2v) is 36.0. The highest BCUT2D eigenvalue weighted by Crippen LogP contribution is 2.47. The molecule has 27 nitrogen and oxygen atoms in total. The Labute approximate surface area is 714 Å². The summed E-state index contributed by atoms with van der Waals surface area (Å²) in [5.74, 6) is -1.01. The van der Waals surface area contributed by atoms with Crippen LogP contribution in [0.25, 0.3) is 22.3 Å². The molecule has 0 unspecified atom stereocenters. The summed E-state index contributed by atoms with van der Waals surface area (Å²) in [6.07, 6.45) is 12.2. The number of nitro benzene ring substituents is 1. The molecule has 6 fully saturated rings. The summed E-state index contributed by atoms with van der Waals surface area (Å²) in [6.45, 7) is 28.7. The van der Waals surface area contributed by atoms with Crippen molar-refractivity contribution in [1.29, 1.82) is 0 Å². The summed E-state index contributed by atoms with van der Waals surface area (Å²) >= 11 is 0. The van der Waals surface area contributed by atoms with Gasteiger partial charge in [0.2, 0.25) is 0 Å². The van der Waals surface area contributed by atoms with E-state index in [-0.39, 0.29) is 83.3 Å². The smallest absolute Gasteiger partial charge is 0.412 e. The van der Waals surface area contributed by atoms with Gasteiger partial charge in [-0.05, 0) is 245 Å². The Morgan fingerprint density at radius 1 is 0.504 bits per heavy atom. The molecule has 0 saturated carbocycles. The fourth-order valence-electron chi connectivity index (χ4n) is 16.6. The second kappa shape index (κ2) is 45.7.